The molecule has 1 aromatic heterocycles. The van der Waals surface area contributed by atoms with Crippen LogP contribution >= 0.6 is 11.8 Å². The van der Waals surface area contributed by atoms with Gasteiger partial charge in [-0.05, 0) is 50.3 Å². The summed E-state index contributed by atoms with van der Waals surface area (Å²) >= 11 is 1.56. The highest BCUT2D eigenvalue weighted by Crippen LogP contribution is 2.30. The van der Waals surface area contributed by atoms with Gasteiger partial charge < -0.3 is 15.2 Å². The van der Waals surface area contributed by atoms with Crippen molar-refractivity contribution < 1.29 is 19.0 Å². The van der Waals surface area contributed by atoms with Crippen molar-refractivity contribution in [2.45, 2.75) is 49.1 Å². The van der Waals surface area contributed by atoms with Crippen LogP contribution in [0, 0.1) is 5.82 Å². The average molecular weight is 390 g/mol. The van der Waals surface area contributed by atoms with E-state index < -0.39 is 23.4 Å². The molecular weight excluding hydrogens is 367 g/mol. The number of halogens is 1. The first-order chi connectivity index (χ1) is 12.9. The second-order valence-electron chi connectivity index (χ2n) is 6.92. The Morgan fingerprint density at radius 3 is 2.96 bits per heavy atom. The lowest BCUT2D eigenvalue weighted by Gasteiger charge is -2.37. The topological polar surface area (TPSA) is 71.5 Å². The molecule has 0 radical (unpaired) electrons. The summed E-state index contributed by atoms with van der Waals surface area (Å²) < 4.78 is 19.5. The summed E-state index contributed by atoms with van der Waals surface area (Å²) in [7, 11) is 0. The maximum absolute atomic E-state index is 13.7. The van der Waals surface area contributed by atoms with E-state index in [1.807, 2.05) is 24.5 Å². The van der Waals surface area contributed by atoms with Gasteiger partial charge in [-0.3, -0.25) is 4.79 Å². The van der Waals surface area contributed by atoms with Gasteiger partial charge in [0.05, 0.1) is 17.8 Å². The van der Waals surface area contributed by atoms with Crippen LogP contribution in [-0.4, -0.2) is 33.9 Å². The lowest BCUT2D eigenvalue weighted by Crippen LogP contribution is -2.52. The molecule has 0 spiro atoms. The van der Waals surface area contributed by atoms with Crippen LogP contribution in [0.5, 0.6) is 11.6 Å². The summed E-state index contributed by atoms with van der Waals surface area (Å²) in [6.45, 7) is 1.71. The number of aliphatic hydroxyl groups is 1. The molecule has 27 heavy (non-hydrogen) atoms. The summed E-state index contributed by atoms with van der Waals surface area (Å²) in [5.74, 6) is -0.590. The fraction of sp³-hybridized carbons (Fsp3) is 0.400. The van der Waals surface area contributed by atoms with Crippen LogP contribution in [0.25, 0.3) is 0 Å². The molecule has 1 aromatic carbocycles. The van der Waals surface area contributed by atoms with Crippen LogP contribution in [0.3, 0.4) is 0 Å². The number of carbonyl (C=O) groups is 1. The van der Waals surface area contributed by atoms with Crippen molar-refractivity contribution in [1.82, 2.24) is 10.3 Å². The second kappa shape index (κ2) is 8.27. The van der Waals surface area contributed by atoms with Gasteiger partial charge in [0.1, 0.15) is 17.1 Å². The first kappa shape index (κ1) is 19.6. The van der Waals surface area contributed by atoms with Crippen molar-refractivity contribution in [2.75, 3.05) is 6.26 Å². The van der Waals surface area contributed by atoms with Crippen molar-refractivity contribution in [3.63, 3.8) is 0 Å². The molecule has 1 aliphatic carbocycles. The molecular formula is C20H23FN2O3S. The average Bonchev–Trinajstić information content (AvgIpc) is 2.65. The molecule has 1 aliphatic rings. The van der Waals surface area contributed by atoms with Crippen LogP contribution in [0.1, 0.15) is 43.0 Å². The molecule has 1 fully saturated rings. The van der Waals surface area contributed by atoms with Gasteiger partial charge in [0, 0.05) is 4.90 Å². The first-order valence-corrected chi connectivity index (χ1v) is 10.1. The molecule has 144 valence electrons. The lowest BCUT2D eigenvalue weighted by atomic mass is 9.81. The van der Waals surface area contributed by atoms with Gasteiger partial charge in [-0.2, -0.15) is 0 Å². The highest BCUT2D eigenvalue weighted by molar-refractivity contribution is 7.98. The predicted octanol–water partition coefficient (Wildman–Crippen LogP) is 4.16. The van der Waals surface area contributed by atoms with E-state index in [9.17, 15) is 14.3 Å². The highest BCUT2D eigenvalue weighted by atomic mass is 32.2. The standard InChI is InChI=1S/C20H23FN2O3S/c1-20(25)9-4-3-8-17(20)23-18(24)16-10-13(21)12-22-19(16)26-14-6-5-7-15(11-14)27-2/h5-7,10-12,17,25H,3-4,8-9H2,1-2H3,(H,23,24). The minimum Gasteiger partial charge on any atom is -0.438 e. The van der Waals surface area contributed by atoms with E-state index >= 15 is 0 Å². The van der Waals surface area contributed by atoms with E-state index in [4.69, 9.17) is 4.74 Å². The number of thioether (sulfide) groups is 1. The SMILES string of the molecule is CSc1cccc(Oc2ncc(F)cc2C(=O)NC2CCCCC2(C)O)c1. The molecule has 7 heteroatoms. The Hall–Kier alpha value is -2.12. The third kappa shape index (κ3) is 4.78. The number of ether oxygens (including phenoxy) is 1. The molecule has 2 aromatic rings. The Morgan fingerprint density at radius 1 is 1.41 bits per heavy atom. The van der Waals surface area contributed by atoms with Crippen molar-refractivity contribution in [2.24, 2.45) is 0 Å². The number of aromatic nitrogens is 1. The molecule has 1 amide bonds. The minimum absolute atomic E-state index is 0.00549. The van der Waals surface area contributed by atoms with Gasteiger partial charge in [-0.15, -0.1) is 11.8 Å². The molecule has 2 N–H and O–H groups in total. The van der Waals surface area contributed by atoms with Crippen LogP contribution in [0.2, 0.25) is 0 Å². The van der Waals surface area contributed by atoms with Gasteiger partial charge in [-0.25, -0.2) is 9.37 Å². The maximum Gasteiger partial charge on any atom is 0.257 e. The number of rotatable bonds is 5. The monoisotopic (exact) mass is 390 g/mol. The smallest absolute Gasteiger partial charge is 0.257 e. The number of hydrogen-bond donors (Lipinski definition) is 2. The van der Waals surface area contributed by atoms with Crippen LogP contribution < -0.4 is 10.1 Å². The Morgan fingerprint density at radius 2 is 2.22 bits per heavy atom. The largest absolute Gasteiger partial charge is 0.438 e. The van der Waals surface area contributed by atoms with Gasteiger partial charge in [0.15, 0.2) is 0 Å². The van der Waals surface area contributed by atoms with Gasteiger partial charge in [-0.1, -0.05) is 18.9 Å². The summed E-state index contributed by atoms with van der Waals surface area (Å²) in [6, 6.07) is 8.06. The minimum atomic E-state index is -0.984. The summed E-state index contributed by atoms with van der Waals surface area (Å²) in [5.41, 5.74) is -0.978. The van der Waals surface area contributed by atoms with E-state index in [-0.39, 0.29) is 11.4 Å². The quantitative estimate of drug-likeness (QED) is 0.750. The van der Waals surface area contributed by atoms with Crippen molar-refractivity contribution >= 4 is 17.7 Å². The van der Waals surface area contributed by atoms with Crippen molar-refractivity contribution in [1.29, 1.82) is 0 Å². The number of carbonyl (C=O) groups excluding carboxylic acids is 1. The van der Waals surface area contributed by atoms with E-state index in [0.717, 1.165) is 30.0 Å². The zero-order valence-corrected chi connectivity index (χ0v) is 16.2. The van der Waals surface area contributed by atoms with E-state index in [1.54, 1.807) is 24.8 Å². The number of pyridine rings is 1. The van der Waals surface area contributed by atoms with Crippen LogP contribution in [-0.2, 0) is 0 Å². The number of amides is 1. The summed E-state index contributed by atoms with van der Waals surface area (Å²) in [6.07, 6.45) is 6.09. The molecule has 2 atom stereocenters. The molecule has 3 rings (SSSR count). The highest BCUT2D eigenvalue weighted by Gasteiger charge is 2.36. The first-order valence-electron chi connectivity index (χ1n) is 8.90. The van der Waals surface area contributed by atoms with Crippen molar-refractivity contribution in [3.05, 3.63) is 47.9 Å². The normalized spacial score (nSPS) is 22.3. The van der Waals surface area contributed by atoms with Crippen LogP contribution in [0.15, 0.2) is 41.4 Å². The molecule has 1 saturated carbocycles. The molecule has 0 aliphatic heterocycles. The Bertz CT molecular complexity index is 829. The predicted molar refractivity (Wildman–Crippen MR) is 103 cm³/mol. The fourth-order valence-electron chi connectivity index (χ4n) is 3.23. The Balaban J connectivity index is 1.83. The molecule has 0 bridgehead atoms. The summed E-state index contributed by atoms with van der Waals surface area (Å²) in [5, 5.41) is 13.3. The zero-order valence-electron chi connectivity index (χ0n) is 15.4. The molecule has 1 heterocycles. The summed E-state index contributed by atoms with van der Waals surface area (Å²) in [4.78, 5) is 17.7. The Kier molecular flexibility index (Phi) is 6.01. The Labute approximate surface area is 162 Å². The molecule has 2 unspecified atom stereocenters. The third-order valence-corrected chi connectivity index (χ3v) is 5.53. The van der Waals surface area contributed by atoms with Crippen molar-refractivity contribution in [3.8, 4) is 11.6 Å². The third-order valence-electron chi connectivity index (χ3n) is 4.80. The van der Waals surface area contributed by atoms with E-state index in [0.29, 0.717) is 18.6 Å². The molecule has 5 nitrogen and oxygen atoms in total. The van der Waals surface area contributed by atoms with Gasteiger partial charge in [0.2, 0.25) is 5.88 Å². The molecule has 0 saturated heterocycles. The number of nitrogens with zero attached hydrogens (tertiary/aromatic N) is 1. The number of nitrogens with one attached hydrogen (secondary N) is 1. The van der Waals surface area contributed by atoms with Gasteiger partial charge >= 0.3 is 0 Å². The zero-order chi connectivity index (χ0) is 19.4. The van der Waals surface area contributed by atoms with E-state index in [2.05, 4.69) is 10.3 Å². The maximum atomic E-state index is 13.7. The number of benzene rings is 1. The van der Waals surface area contributed by atoms with Crippen LogP contribution in [0.4, 0.5) is 4.39 Å². The van der Waals surface area contributed by atoms with E-state index in [1.165, 1.54) is 0 Å². The lowest BCUT2D eigenvalue weighted by molar-refractivity contribution is -0.00866. The fourth-order valence-corrected chi connectivity index (χ4v) is 3.68. The van der Waals surface area contributed by atoms with Gasteiger partial charge in [0.25, 0.3) is 5.91 Å². The second-order valence-corrected chi connectivity index (χ2v) is 7.80. The number of hydrogen-bond acceptors (Lipinski definition) is 5.